The van der Waals surface area contributed by atoms with Crippen molar-refractivity contribution in [1.29, 1.82) is 0 Å². The second-order valence-electron chi connectivity index (χ2n) is 11.1. The molecule has 0 saturated carbocycles. The monoisotopic (exact) mass is 695 g/mol. The van der Waals surface area contributed by atoms with Gasteiger partial charge in [-0.25, -0.2) is 4.98 Å². The fraction of sp³-hybridized carbons (Fsp3) is 0.759. The molecule has 8 atom stereocenters. The zero-order chi connectivity index (χ0) is 36.1. The summed E-state index contributed by atoms with van der Waals surface area (Å²) in [6.07, 6.45) is -12.9. The van der Waals surface area contributed by atoms with Gasteiger partial charge in [0.1, 0.15) is 42.4 Å². The molecular weight excluding hydrogens is 642 g/mol. The first-order chi connectivity index (χ1) is 22.8. The lowest BCUT2D eigenvalue weighted by atomic mass is 10.0. The molecule has 19 heteroatoms. The number of carbonyl (C=O) groups is 1. The van der Waals surface area contributed by atoms with Gasteiger partial charge in [-0.3, -0.25) is 15.1 Å². The van der Waals surface area contributed by atoms with E-state index in [4.69, 9.17) is 24.4 Å². The molecule has 1 aromatic heterocycles. The molecule has 0 aliphatic carbocycles. The Balaban J connectivity index is 2.36. The van der Waals surface area contributed by atoms with Crippen molar-refractivity contribution in [2.75, 3.05) is 84.5 Å². The number of carbonyl (C=O) groups excluding carboxylic acids is 1. The summed E-state index contributed by atoms with van der Waals surface area (Å²) in [4.78, 5) is 17.7. The first kappa shape index (κ1) is 43.6. The van der Waals surface area contributed by atoms with Gasteiger partial charge in [0, 0.05) is 38.1 Å². The number of aliphatic hydroxyl groups is 10. The molecule has 1 aromatic rings. The number of amides is 1. The maximum atomic E-state index is 12.2. The molecule has 0 aliphatic rings. The molecule has 12 N–H and O–H groups in total. The summed E-state index contributed by atoms with van der Waals surface area (Å²) in [6, 6.07) is 3.26. The molecule has 278 valence electrons. The highest BCUT2D eigenvalue weighted by Crippen LogP contribution is 2.11. The van der Waals surface area contributed by atoms with Crippen molar-refractivity contribution >= 4 is 17.4 Å². The normalized spacial score (nSPS) is 16.8. The van der Waals surface area contributed by atoms with Crippen molar-refractivity contribution in [3.8, 4) is 0 Å². The zero-order valence-electron chi connectivity index (χ0n) is 27.3. The van der Waals surface area contributed by atoms with Gasteiger partial charge >= 0.3 is 0 Å². The Kier molecular flexibility index (Phi) is 22.3. The summed E-state index contributed by atoms with van der Waals surface area (Å²) in [6.45, 7) is 2.57. The van der Waals surface area contributed by atoms with Gasteiger partial charge in [-0.15, -0.1) is 0 Å². The predicted molar refractivity (Wildman–Crippen MR) is 170 cm³/mol. The van der Waals surface area contributed by atoms with Crippen molar-refractivity contribution in [3.05, 3.63) is 23.9 Å². The Morgan fingerprint density at radius 1 is 0.750 bits per heavy atom. The van der Waals surface area contributed by atoms with E-state index in [0.29, 0.717) is 11.4 Å². The zero-order valence-corrected chi connectivity index (χ0v) is 27.3. The average Bonchev–Trinajstić information content (AvgIpc) is 3.08. The van der Waals surface area contributed by atoms with Crippen LogP contribution < -0.4 is 10.7 Å². The molecule has 1 heterocycles. The van der Waals surface area contributed by atoms with Gasteiger partial charge in [0.25, 0.3) is 5.91 Å². The van der Waals surface area contributed by atoms with E-state index in [-0.39, 0.29) is 58.6 Å². The van der Waals surface area contributed by atoms with E-state index in [1.54, 1.807) is 12.1 Å². The number of rotatable bonds is 27. The van der Waals surface area contributed by atoms with Gasteiger partial charge in [0.2, 0.25) is 0 Å². The van der Waals surface area contributed by atoms with Crippen LogP contribution in [0.1, 0.15) is 24.2 Å². The highest BCUT2D eigenvalue weighted by Gasteiger charge is 2.34. The van der Waals surface area contributed by atoms with Crippen LogP contribution in [0.3, 0.4) is 0 Å². The number of ether oxygens (including phenoxy) is 3. The van der Waals surface area contributed by atoms with Crippen LogP contribution >= 0.6 is 0 Å². The van der Waals surface area contributed by atoms with E-state index in [1.807, 2.05) is 13.8 Å². The first-order valence-corrected chi connectivity index (χ1v) is 15.4. The number of hydrogen-bond donors (Lipinski definition) is 12. The molecule has 0 bridgehead atoms. The molecule has 48 heavy (non-hydrogen) atoms. The lowest BCUT2D eigenvalue weighted by Crippen LogP contribution is -2.53. The molecule has 0 aliphatic heterocycles. The van der Waals surface area contributed by atoms with Crippen LogP contribution in [-0.4, -0.2) is 200 Å². The van der Waals surface area contributed by atoms with Gasteiger partial charge in [-0.1, -0.05) is 0 Å². The summed E-state index contributed by atoms with van der Waals surface area (Å²) in [5.41, 5.74) is 3.99. The van der Waals surface area contributed by atoms with E-state index in [1.165, 1.54) is 11.1 Å². The third-order valence-corrected chi connectivity index (χ3v) is 6.79. The SMILES string of the molecule is CC(C)=NNc1ccc(C(=O)NCCOCCOCCOCCN(CC(O)C(O)C(O)C(O)CO)CC(O)C(O)C(O)C(O)CO)cn1. The molecule has 1 amide bonds. The largest absolute Gasteiger partial charge is 0.394 e. The molecule has 19 nitrogen and oxygen atoms in total. The number of aliphatic hydroxyl groups excluding tert-OH is 10. The van der Waals surface area contributed by atoms with E-state index in [9.17, 15) is 45.6 Å². The number of nitrogens with one attached hydrogen (secondary N) is 2. The minimum absolute atomic E-state index is 0.0177. The first-order valence-electron chi connectivity index (χ1n) is 15.4. The van der Waals surface area contributed by atoms with Gasteiger partial charge in [-0.2, -0.15) is 5.10 Å². The predicted octanol–water partition coefficient (Wildman–Crippen LogP) is -5.16. The molecule has 0 saturated heterocycles. The Bertz CT molecular complexity index is 993. The van der Waals surface area contributed by atoms with Crippen LogP contribution in [0.2, 0.25) is 0 Å². The van der Waals surface area contributed by atoms with Crippen LogP contribution in [-0.2, 0) is 14.2 Å². The van der Waals surface area contributed by atoms with Crippen molar-refractivity contribution in [3.63, 3.8) is 0 Å². The third-order valence-electron chi connectivity index (χ3n) is 6.79. The second-order valence-corrected chi connectivity index (χ2v) is 11.1. The maximum absolute atomic E-state index is 12.2. The van der Waals surface area contributed by atoms with Crippen LogP contribution in [0.4, 0.5) is 5.82 Å². The van der Waals surface area contributed by atoms with E-state index in [2.05, 4.69) is 20.8 Å². The molecule has 0 fully saturated rings. The van der Waals surface area contributed by atoms with Crippen molar-refractivity contribution in [2.45, 2.75) is 62.7 Å². The molecular formula is C29H53N5O14. The number of aromatic nitrogens is 1. The van der Waals surface area contributed by atoms with Gasteiger partial charge in [0.15, 0.2) is 0 Å². The Labute approximate surface area is 279 Å². The van der Waals surface area contributed by atoms with E-state index >= 15 is 0 Å². The van der Waals surface area contributed by atoms with Crippen LogP contribution in [0.25, 0.3) is 0 Å². The molecule has 8 unspecified atom stereocenters. The molecule has 1 rings (SSSR count). The lowest BCUT2D eigenvalue weighted by molar-refractivity contribution is -0.131. The number of hydrazone groups is 1. The second kappa shape index (κ2) is 24.6. The highest BCUT2D eigenvalue weighted by atomic mass is 16.5. The standard InChI is InChI=1S/C29H53N5O14/c1-18(2)32-33-24-4-3-19(13-31-24)29(45)30-5-7-46-9-11-48-12-10-47-8-6-34(14-20(37)25(41)27(43)22(39)16-35)15-21(38)26(42)28(44)23(40)17-36/h3-4,13,20-23,25-28,35-44H,5-12,14-17H2,1-2H3,(H,30,45)(H,31,33). The van der Waals surface area contributed by atoms with Crippen molar-refractivity contribution < 1.29 is 70.1 Å². The third kappa shape index (κ3) is 17.3. The number of anilines is 1. The minimum Gasteiger partial charge on any atom is -0.394 e. The molecule has 0 aromatic carbocycles. The van der Waals surface area contributed by atoms with Gasteiger partial charge in [-0.05, 0) is 26.0 Å². The summed E-state index contributed by atoms with van der Waals surface area (Å²) in [5, 5.41) is 105. The van der Waals surface area contributed by atoms with E-state index in [0.717, 1.165) is 5.71 Å². The summed E-state index contributed by atoms with van der Waals surface area (Å²) >= 11 is 0. The fourth-order valence-corrected chi connectivity index (χ4v) is 3.97. The molecule has 0 spiro atoms. The Hall–Kier alpha value is -2.47. The topological polar surface area (TPSA) is 300 Å². The number of hydrogen-bond acceptors (Lipinski definition) is 18. The summed E-state index contributed by atoms with van der Waals surface area (Å²) in [5.74, 6) is 0.215. The minimum atomic E-state index is -1.88. The van der Waals surface area contributed by atoms with Gasteiger partial charge in [0.05, 0.1) is 70.6 Å². The Morgan fingerprint density at radius 3 is 1.69 bits per heavy atom. The quantitative estimate of drug-likeness (QED) is 0.0233. The van der Waals surface area contributed by atoms with Gasteiger partial charge < -0.3 is 70.6 Å². The maximum Gasteiger partial charge on any atom is 0.252 e. The summed E-state index contributed by atoms with van der Waals surface area (Å²) in [7, 11) is 0. The highest BCUT2D eigenvalue weighted by molar-refractivity contribution is 5.94. The average molecular weight is 696 g/mol. The smallest absolute Gasteiger partial charge is 0.252 e. The number of nitrogens with zero attached hydrogens (tertiary/aromatic N) is 3. The molecule has 0 radical (unpaired) electrons. The van der Waals surface area contributed by atoms with Crippen LogP contribution in [0.15, 0.2) is 23.4 Å². The Morgan fingerprint density at radius 2 is 1.23 bits per heavy atom. The van der Waals surface area contributed by atoms with Crippen LogP contribution in [0, 0.1) is 0 Å². The lowest BCUT2D eigenvalue weighted by Gasteiger charge is -2.33. The van der Waals surface area contributed by atoms with E-state index < -0.39 is 75.1 Å². The van der Waals surface area contributed by atoms with Crippen LogP contribution in [0.5, 0.6) is 0 Å². The fourth-order valence-electron chi connectivity index (χ4n) is 3.97. The van der Waals surface area contributed by atoms with Crippen molar-refractivity contribution in [2.24, 2.45) is 5.10 Å². The number of pyridine rings is 1. The summed E-state index contributed by atoms with van der Waals surface area (Å²) < 4.78 is 16.4. The van der Waals surface area contributed by atoms with Crippen molar-refractivity contribution in [1.82, 2.24) is 15.2 Å².